The highest BCUT2D eigenvalue weighted by atomic mass is 16.5. The number of carboxylic acids is 1. The van der Waals surface area contributed by atoms with E-state index in [-0.39, 0.29) is 0 Å². The molecule has 0 radical (unpaired) electrons. The zero-order valence-corrected chi connectivity index (χ0v) is 18.1. The van der Waals surface area contributed by atoms with Crippen molar-refractivity contribution in [3.63, 3.8) is 0 Å². The van der Waals surface area contributed by atoms with Crippen molar-refractivity contribution in [3.8, 4) is 17.0 Å². The summed E-state index contributed by atoms with van der Waals surface area (Å²) in [4.78, 5) is 20.3. The number of nitrogens with zero attached hydrogens (tertiary/aromatic N) is 2. The number of ether oxygens (including phenoxy) is 1. The van der Waals surface area contributed by atoms with Gasteiger partial charge < -0.3 is 15.2 Å². The summed E-state index contributed by atoms with van der Waals surface area (Å²) in [6, 6.07) is 28.4. The highest BCUT2D eigenvalue weighted by Crippen LogP contribution is 2.23. The van der Waals surface area contributed by atoms with E-state index >= 15 is 0 Å². The van der Waals surface area contributed by atoms with Crippen LogP contribution in [0.5, 0.6) is 5.75 Å². The molecule has 33 heavy (non-hydrogen) atoms. The van der Waals surface area contributed by atoms with Crippen molar-refractivity contribution in [1.29, 1.82) is 0 Å². The Balaban J connectivity index is 1.38. The Hall–Kier alpha value is -4.19. The average Bonchev–Trinajstić information content (AvgIpc) is 2.85. The van der Waals surface area contributed by atoms with Gasteiger partial charge in [-0.05, 0) is 35.4 Å². The van der Waals surface area contributed by atoms with Gasteiger partial charge in [0.25, 0.3) is 0 Å². The van der Waals surface area contributed by atoms with E-state index in [4.69, 9.17) is 4.74 Å². The Labute approximate surface area is 192 Å². The van der Waals surface area contributed by atoms with Gasteiger partial charge in [-0.2, -0.15) is 0 Å². The molecule has 4 aromatic rings. The zero-order chi connectivity index (χ0) is 22.9. The second kappa shape index (κ2) is 10.9. The number of rotatable bonds is 10. The molecule has 0 saturated heterocycles. The van der Waals surface area contributed by atoms with Crippen molar-refractivity contribution in [3.05, 3.63) is 108 Å². The number of carboxylic acid groups (broad SMARTS) is 1. The van der Waals surface area contributed by atoms with Gasteiger partial charge in [-0.3, -0.25) is 0 Å². The lowest BCUT2D eigenvalue weighted by Gasteiger charge is -2.15. The van der Waals surface area contributed by atoms with Crippen molar-refractivity contribution in [2.24, 2.45) is 0 Å². The molecule has 0 bridgehead atoms. The molecule has 0 unspecified atom stereocenters. The minimum Gasteiger partial charge on any atom is -0.493 e. The quantitative estimate of drug-likeness (QED) is 0.367. The van der Waals surface area contributed by atoms with Crippen LogP contribution in [0.2, 0.25) is 0 Å². The third-order valence-corrected chi connectivity index (χ3v) is 5.22. The van der Waals surface area contributed by atoms with Crippen LogP contribution in [0.25, 0.3) is 11.3 Å². The molecule has 0 fully saturated rings. The lowest BCUT2D eigenvalue weighted by molar-refractivity contribution is -0.137. The van der Waals surface area contributed by atoms with Crippen LogP contribution < -0.4 is 10.1 Å². The molecule has 0 aliphatic rings. The van der Waals surface area contributed by atoms with Gasteiger partial charge in [-0.25, -0.2) is 14.8 Å². The van der Waals surface area contributed by atoms with Gasteiger partial charge in [0.05, 0.1) is 12.3 Å². The SMILES string of the molecule is O=C(O)[C@H](Cc1ccccc1)Nc1cc(-c2ccc(OCCc3ccccc3)cc2)ncn1. The highest BCUT2D eigenvalue weighted by molar-refractivity contribution is 5.77. The molecule has 0 aliphatic heterocycles. The van der Waals surface area contributed by atoms with E-state index in [1.807, 2.05) is 72.8 Å². The maximum Gasteiger partial charge on any atom is 0.326 e. The van der Waals surface area contributed by atoms with E-state index in [0.29, 0.717) is 24.5 Å². The lowest BCUT2D eigenvalue weighted by atomic mass is 10.1. The van der Waals surface area contributed by atoms with E-state index in [1.165, 1.54) is 11.9 Å². The summed E-state index contributed by atoms with van der Waals surface area (Å²) < 4.78 is 5.85. The summed E-state index contributed by atoms with van der Waals surface area (Å²) in [7, 11) is 0. The van der Waals surface area contributed by atoms with Gasteiger partial charge in [0.1, 0.15) is 23.9 Å². The summed E-state index contributed by atoms with van der Waals surface area (Å²) in [6.45, 7) is 0.600. The Bertz CT molecular complexity index is 1170. The molecule has 3 aromatic carbocycles. The molecule has 6 nitrogen and oxygen atoms in total. The van der Waals surface area contributed by atoms with E-state index in [2.05, 4.69) is 27.4 Å². The number of anilines is 1. The third kappa shape index (κ3) is 6.40. The Kier molecular flexibility index (Phi) is 7.28. The number of aromatic nitrogens is 2. The zero-order valence-electron chi connectivity index (χ0n) is 18.1. The summed E-state index contributed by atoms with van der Waals surface area (Å²) in [5, 5.41) is 12.7. The first-order valence-electron chi connectivity index (χ1n) is 10.8. The molecule has 166 valence electrons. The van der Waals surface area contributed by atoms with Crippen molar-refractivity contribution < 1.29 is 14.6 Å². The van der Waals surface area contributed by atoms with Crippen LogP contribution in [-0.2, 0) is 17.6 Å². The number of hydrogen-bond acceptors (Lipinski definition) is 5. The molecule has 6 heteroatoms. The van der Waals surface area contributed by atoms with Gasteiger partial charge >= 0.3 is 5.97 Å². The van der Waals surface area contributed by atoms with Gasteiger partial charge in [-0.15, -0.1) is 0 Å². The monoisotopic (exact) mass is 439 g/mol. The topological polar surface area (TPSA) is 84.3 Å². The maximum atomic E-state index is 11.8. The Morgan fingerprint density at radius 1 is 0.879 bits per heavy atom. The molecule has 4 rings (SSSR count). The highest BCUT2D eigenvalue weighted by Gasteiger charge is 2.18. The van der Waals surface area contributed by atoms with Crippen molar-refractivity contribution >= 4 is 11.8 Å². The van der Waals surface area contributed by atoms with Gasteiger partial charge in [0, 0.05) is 24.5 Å². The summed E-state index contributed by atoms with van der Waals surface area (Å²) in [5.74, 6) is 0.318. The predicted molar refractivity (Wildman–Crippen MR) is 128 cm³/mol. The van der Waals surface area contributed by atoms with Gasteiger partial charge in [-0.1, -0.05) is 60.7 Å². The Morgan fingerprint density at radius 3 is 2.21 bits per heavy atom. The molecule has 0 saturated carbocycles. The summed E-state index contributed by atoms with van der Waals surface area (Å²) in [5.41, 5.74) is 3.77. The van der Waals surface area contributed by atoms with Crippen LogP contribution in [0.4, 0.5) is 5.82 Å². The van der Waals surface area contributed by atoms with Crippen LogP contribution in [0, 0.1) is 0 Å². The molecular weight excluding hydrogens is 414 g/mol. The predicted octanol–water partition coefficient (Wildman–Crippen LogP) is 4.87. The number of hydrogen-bond donors (Lipinski definition) is 2. The molecule has 0 spiro atoms. The Morgan fingerprint density at radius 2 is 1.55 bits per heavy atom. The van der Waals surface area contributed by atoms with Crippen molar-refractivity contribution in [2.75, 3.05) is 11.9 Å². The average molecular weight is 440 g/mol. The van der Waals surface area contributed by atoms with Crippen molar-refractivity contribution in [1.82, 2.24) is 9.97 Å². The van der Waals surface area contributed by atoms with Crippen LogP contribution in [-0.4, -0.2) is 33.7 Å². The van der Waals surface area contributed by atoms with Crippen LogP contribution in [0.1, 0.15) is 11.1 Å². The van der Waals surface area contributed by atoms with Crippen molar-refractivity contribution in [2.45, 2.75) is 18.9 Å². The largest absolute Gasteiger partial charge is 0.493 e. The first-order valence-corrected chi connectivity index (χ1v) is 10.8. The summed E-state index contributed by atoms with van der Waals surface area (Å²) in [6.07, 6.45) is 2.63. The minimum atomic E-state index is -0.934. The maximum absolute atomic E-state index is 11.8. The fourth-order valence-corrected chi connectivity index (χ4v) is 3.48. The van der Waals surface area contributed by atoms with E-state index in [0.717, 1.165) is 23.3 Å². The minimum absolute atomic E-state index is 0.352. The van der Waals surface area contributed by atoms with Gasteiger partial charge in [0.15, 0.2) is 0 Å². The van der Waals surface area contributed by atoms with E-state index in [9.17, 15) is 9.90 Å². The number of carbonyl (C=O) groups is 1. The first kappa shape index (κ1) is 22.0. The molecule has 2 N–H and O–H groups in total. The normalized spacial score (nSPS) is 11.5. The van der Waals surface area contributed by atoms with E-state index < -0.39 is 12.0 Å². The smallest absolute Gasteiger partial charge is 0.326 e. The standard InChI is InChI=1S/C27H25N3O3/c31-27(32)25(17-21-9-5-2-6-10-21)30-26-18-24(28-19-29-26)22-11-13-23(14-12-22)33-16-15-20-7-3-1-4-8-20/h1-14,18-19,25H,15-17H2,(H,31,32)(H,28,29,30)/t25-/m0/s1. The van der Waals surface area contributed by atoms with Crippen LogP contribution >= 0.6 is 0 Å². The molecular formula is C27H25N3O3. The lowest BCUT2D eigenvalue weighted by Crippen LogP contribution is -2.31. The second-order valence-corrected chi connectivity index (χ2v) is 7.62. The number of benzene rings is 3. The first-order chi connectivity index (χ1) is 16.2. The number of aliphatic carboxylic acids is 1. The second-order valence-electron chi connectivity index (χ2n) is 7.62. The van der Waals surface area contributed by atoms with Gasteiger partial charge in [0.2, 0.25) is 0 Å². The molecule has 0 aliphatic carbocycles. The molecule has 1 atom stereocenters. The third-order valence-electron chi connectivity index (χ3n) is 5.22. The molecule has 1 heterocycles. The molecule has 1 aromatic heterocycles. The van der Waals surface area contributed by atoms with Crippen LogP contribution in [0.15, 0.2) is 97.3 Å². The fourth-order valence-electron chi connectivity index (χ4n) is 3.48. The molecule has 0 amide bonds. The van der Waals surface area contributed by atoms with E-state index in [1.54, 1.807) is 6.07 Å². The van der Waals surface area contributed by atoms with Crippen LogP contribution in [0.3, 0.4) is 0 Å². The summed E-state index contributed by atoms with van der Waals surface area (Å²) >= 11 is 0. The number of nitrogens with one attached hydrogen (secondary N) is 1. The fraction of sp³-hybridized carbons (Fsp3) is 0.148.